The fourth-order valence-corrected chi connectivity index (χ4v) is 2.64. The molecule has 1 aromatic rings. The van der Waals surface area contributed by atoms with Gasteiger partial charge in [0.2, 0.25) is 10.0 Å². The third-order valence-corrected chi connectivity index (χ3v) is 5.57. The molecule has 0 amide bonds. The van der Waals surface area contributed by atoms with Gasteiger partial charge < -0.3 is 4.74 Å². The Labute approximate surface area is 121 Å². The predicted octanol–water partition coefficient (Wildman–Crippen LogP) is 2.47. The summed E-state index contributed by atoms with van der Waals surface area (Å²) < 4.78 is 30.6. The van der Waals surface area contributed by atoms with Crippen LogP contribution in [0.15, 0.2) is 24.3 Å². The van der Waals surface area contributed by atoms with E-state index < -0.39 is 15.6 Å². The lowest BCUT2D eigenvalue weighted by atomic mass is 9.96. The molecule has 0 aromatic heterocycles. The summed E-state index contributed by atoms with van der Waals surface area (Å²) in [5.41, 5.74) is 0.0509. The van der Waals surface area contributed by atoms with Crippen LogP contribution in [0.4, 0.5) is 0 Å². The first-order valence-electron chi connectivity index (χ1n) is 5.17. The van der Waals surface area contributed by atoms with Gasteiger partial charge in [-0.25, -0.2) is 13.1 Å². The number of hydrogen-bond donors (Lipinski definition) is 1. The van der Waals surface area contributed by atoms with Crippen LogP contribution in [0.25, 0.3) is 0 Å². The lowest BCUT2D eigenvalue weighted by Crippen LogP contribution is -2.40. The van der Waals surface area contributed by atoms with Crippen LogP contribution in [-0.4, -0.2) is 26.7 Å². The topological polar surface area (TPSA) is 55.4 Å². The predicted molar refractivity (Wildman–Crippen MR) is 76.5 cm³/mol. The number of rotatable bonds is 6. The summed E-state index contributed by atoms with van der Waals surface area (Å²) in [4.78, 5) is 0. The molecule has 0 heterocycles. The lowest BCUT2D eigenvalue weighted by Gasteiger charge is -2.29. The van der Waals surface area contributed by atoms with Crippen LogP contribution in [0.3, 0.4) is 0 Å². The highest BCUT2D eigenvalue weighted by Gasteiger charge is 2.28. The zero-order valence-electron chi connectivity index (χ0n) is 10.1. The van der Waals surface area contributed by atoms with Gasteiger partial charge in [0.05, 0.1) is 0 Å². The molecule has 0 aliphatic carbocycles. The molecule has 1 N–H and O–H groups in total. The summed E-state index contributed by atoms with van der Waals surface area (Å²) in [6.45, 7) is 1.94. The maximum Gasteiger partial charge on any atom is 0.221 e. The average Bonchev–Trinajstić information content (AvgIpc) is 2.36. The molecule has 0 spiro atoms. The highest BCUT2D eigenvalue weighted by Crippen LogP contribution is 2.26. The third kappa shape index (κ3) is 4.20. The Morgan fingerprint density at radius 2 is 2.17 bits per heavy atom. The first-order valence-corrected chi connectivity index (χ1v) is 8.32. The van der Waals surface area contributed by atoms with Crippen LogP contribution >= 0.6 is 27.5 Å². The monoisotopic (exact) mass is 355 g/mol. The van der Waals surface area contributed by atoms with Crippen molar-refractivity contribution in [1.29, 1.82) is 0 Å². The minimum absolute atomic E-state index is 0.137. The highest BCUT2D eigenvalue weighted by atomic mass is 79.9. The third-order valence-electron chi connectivity index (χ3n) is 2.66. The zero-order valence-corrected chi connectivity index (χ0v) is 13.3. The van der Waals surface area contributed by atoms with E-state index in [0.717, 1.165) is 5.56 Å². The summed E-state index contributed by atoms with van der Waals surface area (Å²) in [5.74, 6) is 0. The largest absolute Gasteiger partial charge is 0.372 e. The normalized spacial score (nSPS) is 15.3. The van der Waals surface area contributed by atoms with Crippen molar-refractivity contribution in [3.63, 3.8) is 0 Å². The summed E-state index contributed by atoms with van der Waals surface area (Å²) in [6.07, 6.45) is 0. The van der Waals surface area contributed by atoms with Crippen molar-refractivity contribution in [3.05, 3.63) is 34.9 Å². The van der Waals surface area contributed by atoms with E-state index >= 15 is 0 Å². The van der Waals surface area contributed by atoms with Crippen LogP contribution < -0.4 is 4.72 Å². The van der Waals surface area contributed by atoms with Crippen molar-refractivity contribution in [2.24, 2.45) is 0 Å². The smallest absolute Gasteiger partial charge is 0.221 e. The Hall–Kier alpha value is -0.140. The van der Waals surface area contributed by atoms with E-state index in [0.29, 0.717) is 5.02 Å². The van der Waals surface area contributed by atoms with Crippen molar-refractivity contribution in [3.8, 4) is 0 Å². The maximum atomic E-state index is 11.4. The quantitative estimate of drug-likeness (QED) is 0.797. The van der Waals surface area contributed by atoms with Gasteiger partial charge in [-0.15, -0.1) is 0 Å². The highest BCUT2D eigenvalue weighted by molar-refractivity contribution is 9.10. The zero-order chi connectivity index (χ0) is 13.8. The first kappa shape index (κ1) is 15.9. The van der Waals surface area contributed by atoms with Crippen LogP contribution in [0.5, 0.6) is 0 Å². The van der Waals surface area contributed by atoms with Gasteiger partial charge in [0.1, 0.15) is 10.3 Å². The molecule has 0 radical (unpaired) electrons. The van der Waals surface area contributed by atoms with Gasteiger partial charge in [0.25, 0.3) is 0 Å². The van der Waals surface area contributed by atoms with E-state index in [1.165, 1.54) is 7.11 Å². The summed E-state index contributed by atoms with van der Waals surface area (Å²) in [5, 5.41) is 0.583. The number of alkyl halides is 1. The van der Waals surface area contributed by atoms with E-state index in [4.69, 9.17) is 16.3 Å². The van der Waals surface area contributed by atoms with E-state index in [9.17, 15) is 8.42 Å². The van der Waals surface area contributed by atoms with Crippen LogP contribution in [0, 0.1) is 0 Å². The maximum absolute atomic E-state index is 11.4. The second-order valence-corrected chi connectivity index (χ2v) is 7.54. The molecule has 1 atom stereocenters. The molecule has 0 saturated carbocycles. The molecular formula is C11H15BrClNO3S. The van der Waals surface area contributed by atoms with Crippen molar-refractivity contribution in [2.75, 3.05) is 18.3 Å². The molecule has 1 aromatic carbocycles. The fourth-order valence-electron chi connectivity index (χ4n) is 1.40. The van der Waals surface area contributed by atoms with Gasteiger partial charge in [0.15, 0.2) is 0 Å². The Kier molecular flexibility index (Phi) is 5.61. The SMILES string of the molecule is COC(C)(CNS(=O)(=O)CBr)c1cccc(Cl)c1. The Morgan fingerprint density at radius 3 is 2.67 bits per heavy atom. The van der Waals surface area contributed by atoms with Crippen LogP contribution in [0.2, 0.25) is 5.02 Å². The second-order valence-electron chi connectivity index (χ2n) is 3.99. The molecule has 0 saturated heterocycles. The lowest BCUT2D eigenvalue weighted by molar-refractivity contribution is 0.00701. The molecule has 102 valence electrons. The molecule has 1 unspecified atom stereocenters. The molecule has 0 aliphatic heterocycles. The molecule has 1 rings (SSSR count). The summed E-state index contributed by atoms with van der Waals surface area (Å²) in [6, 6.07) is 7.16. The van der Waals surface area contributed by atoms with Crippen molar-refractivity contribution >= 4 is 37.6 Å². The fraction of sp³-hybridized carbons (Fsp3) is 0.455. The number of hydrogen-bond acceptors (Lipinski definition) is 3. The number of halogens is 2. The number of ether oxygens (including phenoxy) is 1. The van der Waals surface area contributed by atoms with Crippen LogP contribution in [0.1, 0.15) is 12.5 Å². The van der Waals surface area contributed by atoms with E-state index in [2.05, 4.69) is 20.7 Å². The van der Waals surface area contributed by atoms with Gasteiger partial charge in [-0.05, 0) is 24.6 Å². The van der Waals surface area contributed by atoms with Gasteiger partial charge in [-0.3, -0.25) is 0 Å². The first-order chi connectivity index (χ1) is 8.33. The second kappa shape index (κ2) is 6.34. The minimum Gasteiger partial charge on any atom is -0.372 e. The van der Waals surface area contributed by atoms with E-state index in [1.54, 1.807) is 25.1 Å². The standard InChI is InChI=1S/C11H15BrClNO3S/c1-11(17-2,7-14-18(15,16)8-12)9-4-3-5-10(13)6-9/h3-6,14H,7-8H2,1-2H3. The summed E-state index contributed by atoms with van der Waals surface area (Å²) in [7, 11) is -1.80. The van der Waals surface area contributed by atoms with Gasteiger partial charge >= 0.3 is 0 Å². The average molecular weight is 357 g/mol. The Balaban J connectivity index is 2.93. The number of sulfonamides is 1. The van der Waals surface area contributed by atoms with Crippen LogP contribution in [-0.2, 0) is 20.4 Å². The van der Waals surface area contributed by atoms with Gasteiger partial charge in [0, 0.05) is 18.7 Å². The number of methoxy groups -OCH3 is 1. The van der Waals surface area contributed by atoms with Gasteiger partial charge in [-0.1, -0.05) is 39.7 Å². The minimum atomic E-state index is -3.33. The van der Waals surface area contributed by atoms with Gasteiger partial charge in [-0.2, -0.15) is 0 Å². The molecule has 18 heavy (non-hydrogen) atoms. The molecular weight excluding hydrogens is 342 g/mol. The molecule has 0 aliphatic rings. The Morgan fingerprint density at radius 1 is 1.50 bits per heavy atom. The molecule has 0 bridgehead atoms. The number of benzene rings is 1. The van der Waals surface area contributed by atoms with Crippen molar-refractivity contribution < 1.29 is 13.2 Å². The van der Waals surface area contributed by atoms with Crippen molar-refractivity contribution in [2.45, 2.75) is 12.5 Å². The van der Waals surface area contributed by atoms with E-state index in [-0.39, 0.29) is 11.2 Å². The molecule has 4 nitrogen and oxygen atoms in total. The summed E-state index contributed by atoms with van der Waals surface area (Å²) >= 11 is 8.84. The van der Waals surface area contributed by atoms with E-state index in [1.807, 2.05) is 6.07 Å². The van der Waals surface area contributed by atoms with Crippen molar-refractivity contribution in [1.82, 2.24) is 4.72 Å². The number of nitrogens with one attached hydrogen (secondary N) is 1. The molecule has 0 fully saturated rings. The Bertz CT molecular complexity index is 509. The molecule has 7 heteroatoms.